The predicted octanol–water partition coefficient (Wildman–Crippen LogP) is 2.82. The number of aliphatic hydroxyl groups excluding tert-OH is 1. The third kappa shape index (κ3) is 4.03. The van der Waals surface area contributed by atoms with E-state index in [1.807, 2.05) is 10.8 Å². The Morgan fingerprint density at radius 3 is 2.82 bits per heavy atom. The number of rotatable bonds is 5. The summed E-state index contributed by atoms with van der Waals surface area (Å²) in [6.45, 7) is 1.68. The van der Waals surface area contributed by atoms with E-state index in [9.17, 15) is 20.0 Å². The summed E-state index contributed by atoms with van der Waals surface area (Å²) in [5.74, 6) is 0. The second-order valence-electron chi connectivity index (χ2n) is 4.67. The maximum Gasteiger partial charge on any atom is 0.319 e. The average molecular weight is 321 g/mol. The zero-order valence-corrected chi connectivity index (χ0v) is 12.6. The van der Waals surface area contributed by atoms with E-state index in [2.05, 4.69) is 10.6 Å². The SMILES string of the molecule is Cc1cc(NC(=O)NCC(O)c2ccsc2)ccc1[N+](=O)[O-]. The summed E-state index contributed by atoms with van der Waals surface area (Å²) in [6.07, 6.45) is -0.768. The third-order valence-corrected chi connectivity index (χ3v) is 3.74. The molecule has 2 rings (SSSR count). The molecule has 0 saturated heterocycles. The number of aryl methyl sites for hydroxylation is 1. The molecule has 8 heteroatoms. The monoisotopic (exact) mass is 321 g/mol. The van der Waals surface area contributed by atoms with Crippen molar-refractivity contribution < 1.29 is 14.8 Å². The molecule has 0 fully saturated rings. The first-order valence-corrected chi connectivity index (χ1v) is 7.41. The van der Waals surface area contributed by atoms with Gasteiger partial charge in [-0.15, -0.1) is 0 Å². The van der Waals surface area contributed by atoms with E-state index in [0.717, 1.165) is 5.56 Å². The van der Waals surface area contributed by atoms with Crippen molar-refractivity contribution in [2.24, 2.45) is 0 Å². The van der Waals surface area contributed by atoms with Gasteiger partial charge in [-0.2, -0.15) is 11.3 Å². The Morgan fingerprint density at radius 2 is 2.23 bits per heavy atom. The summed E-state index contributed by atoms with van der Waals surface area (Å²) in [4.78, 5) is 22.0. The molecule has 0 radical (unpaired) electrons. The number of nitro benzene ring substituents is 1. The minimum Gasteiger partial charge on any atom is -0.387 e. The summed E-state index contributed by atoms with van der Waals surface area (Å²) in [7, 11) is 0. The summed E-state index contributed by atoms with van der Waals surface area (Å²) < 4.78 is 0. The van der Waals surface area contributed by atoms with E-state index in [0.29, 0.717) is 11.3 Å². The first-order chi connectivity index (χ1) is 10.5. The number of thiophene rings is 1. The molecule has 1 aromatic heterocycles. The number of carbonyl (C=O) groups excluding carboxylic acids is 1. The van der Waals surface area contributed by atoms with Crippen LogP contribution in [0.5, 0.6) is 0 Å². The first kappa shape index (κ1) is 15.9. The van der Waals surface area contributed by atoms with Gasteiger partial charge in [-0.05, 0) is 41.4 Å². The number of carbonyl (C=O) groups is 1. The standard InChI is InChI=1S/C14H15N3O4S/c1-9-6-11(2-3-12(9)17(20)21)16-14(19)15-7-13(18)10-4-5-22-8-10/h2-6,8,13,18H,7H2,1H3,(H2,15,16,19). The van der Waals surface area contributed by atoms with Crippen molar-refractivity contribution in [3.63, 3.8) is 0 Å². The zero-order valence-electron chi connectivity index (χ0n) is 11.8. The Hall–Kier alpha value is -2.45. The Balaban J connectivity index is 1.89. The molecule has 0 aliphatic carbocycles. The highest BCUT2D eigenvalue weighted by Gasteiger charge is 2.12. The molecule has 1 heterocycles. The molecule has 0 bridgehead atoms. The van der Waals surface area contributed by atoms with E-state index in [1.54, 1.807) is 13.0 Å². The van der Waals surface area contributed by atoms with Crippen LogP contribution in [-0.4, -0.2) is 22.6 Å². The number of anilines is 1. The van der Waals surface area contributed by atoms with E-state index in [4.69, 9.17) is 0 Å². The first-order valence-electron chi connectivity index (χ1n) is 6.47. The number of nitro groups is 1. The Morgan fingerprint density at radius 1 is 1.45 bits per heavy atom. The van der Waals surface area contributed by atoms with Crippen molar-refractivity contribution in [3.8, 4) is 0 Å². The number of amides is 2. The molecule has 0 spiro atoms. The second-order valence-corrected chi connectivity index (χ2v) is 5.45. The fourth-order valence-electron chi connectivity index (χ4n) is 1.89. The van der Waals surface area contributed by atoms with Crippen molar-refractivity contribution in [2.75, 3.05) is 11.9 Å². The molecule has 3 N–H and O–H groups in total. The van der Waals surface area contributed by atoms with Crippen LogP contribution in [0.25, 0.3) is 0 Å². The molecule has 1 unspecified atom stereocenters. The summed E-state index contributed by atoms with van der Waals surface area (Å²) in [5, 5.41) is 29.3. The highest BCUT2D eigenvalue weighted by molar-refractivity contribution is 7.07. The molecule has 0 aliphatic rings. The van der Waals surface area contributed by atoms with Crippen LogP contribution in [0.15, 0.2) is 35.0 Å². The Labute approximate surface area is 130 Å². The quantitative estimate of drug-likeness (QED) is 0.581. The molecular weight excluding hydrogens is 306 g/mol. The predicted molar refractivity (Wildman–Crippen MR) is 84.1 cm³/mol. The Bertz CT molecular complexity index is 673. The molecule has 1 atom stereocenters. The molecule has 1 aromatic carbocycles. The van der Waals surface area contributed by atoms with Crippen LogP contribution < -0.4 is 10.6 Å². The maximum atomic E-state index is 11.8. The fourth-order valence-corrected chi connectivity index (χ4v) is 2.59. The molecule has 2 amide bonds. The van der Waals surface area contributed by atoms with E-state index in [-0.39, 0.29) is 12.2 Å². The molecular formula is C14H15N3O4S. The number of hydrogen-bond donors (Lipinski definition) is 3. The van der Waals surface area contributed by atoms with Crippen LogP contribution in [0.1, 0.15) is 17.2 Å². The van der Waals surface area contributed by atoms with Gasteiger partial charge in [-0.3, -0.25) is 10.1 Å². The topological polar surface area (TPSA) is 104 Å². The van der Waals surface area contributed by atoms with Crippen molar-refractivity contribution in [3.05, 3.63) is 56.3 Å². The average Bonchev–Trinajstić information content (AvgIpc) is 2.98. The third-order valence-electron chi connectivity index (χ3n) is 3.04. The zero-order chi connectivity index (χ0) is 16.1. The van der Waals surface area contributed by atoms with Crippen LogP contribution in [0.3, 0.4) is 0 Å². The molecule has 7 nitrogen and oxygen atoms in total. The number of nitrogens with zero attached hydrogens (tertiary/aromatic N) is 1. The van der Waals surface area contributed by atoms with Crippen molar-refractivity contribution in [2.45, 2.75) is 13.0 Å². The second kappa shape index (κ2) is 7.01. The van der Waals surface area contributed by atoms with Gasteiger partial charge in [0.25, 0.3) is 5.69 Å². The number of urea groups is 1. The highest BCUT2D eigenvalue weighted by Crippen LogP contribution is 2.21. The smallest absolute Gasteiger partial charge is 0.319 e. The fraction of sp³-hybridized carbons (Fsp3) is 0.214. The van der Waals surface area contributed by atoms with E-state index < -0.39 is 17.1 Å². The summed E-state index contributed by atoms with van der Waals surface area (Å²) >= 11 is 1.47. The van der Waals surface area contributed by atoms with Crippen molar-refractivity contribution in [1.82, 2.24) is 5.32 Å². The van der Waals surface area contributed by atoms with Crippen LogP contribution in [0.2, 0.25) is 0 Å². The van der Waals surface area contributed by atoms with E-state index in [1.165, 1.54) is 29.5 Å². The van der Waals surface area contributed by atoms with Crippen molar-refractivity contribution in [1.29, 1.82) is 0 Å². The van der Waals surface area contributed by atoms with Gasteiger partial charge in [-0.25, -0.2) is 4.79 Å². The number of nitrogens with one attached hydrogen (secondary N) is 2. The van der Waals surface area contributed by atoms with Crippen LogP contribution in [0, 0.1) is 17.0 Å². The van der Waals surface area contributed by atoms with Gasteiger partial charge in [0, 0.05) is 23.9 Å². The maximum absolute atomic E-state index is 11.8. The molecule has 0 aliphatic heterocycles. The van der Waals surface area contributed by atoms with Crippen LogP contribution >= 0.6 is 11.3 Å². The molecule has 116 valence electrons. The summed E-state index contributed by atoms with van der Waals surface area (Å²) in [5.41, 5.74) is 1.65. The molecule has 22 heavy (non-hydrogen) atoms. The van der Waals surface area contributed by atoms with Gasteiger partial charge in [0.1, 0.15) is 0 Å². The van der Waals surface area contributed by atoms with Gasteiger partial charge in [0.05, 0.1) is 11.0 Å². The molecule has 2 aromatic rings. The minimum atomic E-state index is -0.768. The van der Waals surface area contributed by atoms with Gasteiger partial charge in [0.15, 0.2) is 0 Å². The van der Waals surface area contributed by atoms with Gasteiger partial charge in [-0.1, -0.05) is 0 Å². The highest BCUT2D eigenvalue weighted by atomic mass is 32.1. The van der Waals surface area contributed by atoms with Crippen LogP contribution in [-0.2, 0) is 0 Å². The lowest BCUT2D eigenvalue weighted by atomic mass is 10.2. The van der Waals surface area contributed by atoms with E-state index >= 15 is 0 Å². The lowest BCUT2D eigenvalue weighted by Gasteiger charge is -2.12. The summed E-state index contributed by atoms with van der Waals surface area (Å²) in [6, 6.07) is 5.62. The number of aliphatic hydroxyl groups is 1. The lowest BCUT2D eigenvalue weighted by molar-refractivity contribution is -0.385. The minimum absolute atomic E-state index is 0.00108. The molecule has 0 saturated carbocycles. The van der Waals surface area contributed by atoms with Gasteiger partial charge >= 0.3 is 6.03 Å². The van der Waals surface area contributed by atoms with Crippen LogP contribution in [0.4, 0.5) is 16.2 Å². The number of benzene rings is 1. The van der Waals surface area contributed by atoms with Gasteiger partial charge in [0.2, 0.25) is 0 Å². The lowest BCUT2D eigenvalue weighted by Crippen LogP contribution is -2.32. The van der Waals surface area contributed by atoms with Crippen molar-refractivity contribution >= 4 is 28.7 Å². The normalized spacial score (nSPS) is 11.7. The number of hydrogen-bond acceptors (Lipinski definition) is 5. The van der Waals surface area contributed by atoms with Gasteiger partial charge < -0.3 is 15.7 Å². The largest absolute Gasteiger partial charge is 0.387 e. The Kier molecular flexibility index (Phi) is 5.08.